The summed E-state index contributed by atoms with van der Waals surface area (Å²) in [5.74, 6) is -0.233. The molecule has 0 saturated heterocycles. The van der Waals surface area contributed by atoms with E-state index in [9.17, 15) is 4.39 Å². The molecule has 130 valence electrons. The van der Waals surface area contributed by atoms with Crippen LogP contribution in [-0.2, 0) is 13.2 Å². The van der Waals surface area contributed by atoms with Gasteiger partial charge < -0.3 is 0 Å². The number of rotatable bonds is 5. The number of hydrogen-bond acceptors (Lipinski definition) is 4. The van der Waals surface area contributed by atoms with Gasteiger partial charge in [-0.25, -0.2) is 9.07 Å². The van der Waals surface area contributed by atoms with E-state index >= 15 is 0 Å². The molecule has 1 heterocycles. The number of aromatic nitrogens is 4. The highest BCUT2D eigenvalue weighted by Crippen LogP contribution is 2.13. The van der Waals surface area contributed by atoms with Crippen LogP contribution in [0.15, 0.2) is 42.5 Å². The zero-order chi connectivity index (χ0) is 18.0. The fourth-order valence-electron chi connectivity index (χ4n) is 2.82. The van der Waals surface area contributed by atoms with Crippen LogP contribution >= 0.6 is 12.2 Å². The smallest absolute Gasteiger partial charge is 0.221 e. The maximum atomic E-state index is 13.3. The van der Waals surface area contributed by atoms with Gasteiger partial charge in [0.2, 0.25) is 4.77 Å². The third-order valence-electron chi connectivity index (χ3n) is 3.81. The first-order valence-corrected chi connectivity index (χ1v) is 8.38. The van der Waals surface area contributed by atoms with E-state index in [-0.39, 0.29) is 5.82 Å². The summed E-state index contributed by atoms with van der Waals surface area (Å²) in [5, 5.41) is 8.34. The van der Waals surface area contributed by atoms with Crippen LogP contribution in [0.4, 0.5) is 4.39 Å². The molecule has 0 aliphatic rings. The van der Waals surface area contributed by atoms with Gasteiger partial charge in [-0.1, -0.05) is 18.2 Å². The van der Waals surface area contributed by atoms with Crippen molar-refractivity contribution in [2.45, 2.75) is 27.1 Å². The molecule has 3 rings (SSSR count). The largest absolute Gasteiger partial charge is 0.283 e. The molecule has 0 radical (unpaired) electrons. The first-order valence-electron chi connectivity index (χ1n) is 7.97. The first-order chi connectivity index (χ1) is 11.9. The molecule has 0 aliphatic heterocycles. The first kappa shape index (κ1) is 17.4. The predicted octanol–water partition coefficient (Wildman–Crippen LogP) is 3.64. The van der Waals surface area contributed by atoms with Crippen molar-refractivity contribution in [1.29, 1.82) is 0 Å². The van der Waals surface area contributed by atoms with Gasteiger partial charge >= 0.3 is 0 Å². The van der Waals surface area contributed by atoms with Crippen LogP contribution in [0.1, 0.15) is 16.7 Å². The number of halogens is 1. The van der Waals surface area contributed by atoms with Crippen LogP contribution < -0.4 is 0 Å². The number of nitrogens with zero attached hydrogens (tertiary/aromatic N) is 5. The lowest BCUT2D eigenvalue weighted by molar-refractivity contribution is 0.241. The second kappa shape index (κ2) is 7.25. The highest BCUT2D eigenvalue weighted by atomic mass is 32.1. The Kier molecular flexibility index (Phi) is 5.06. The average Bonchev–Trinajstić information content (AvgIpc) is 2.87. The van der Waals surface area contributed by atoms with Crippen LogP contribution in [0, 0.1) is 24.4 Å². The zero-order valence-corrected chi connectivity index (χ0v) is 15.3. The van der Waals surface area contributed by atoms with E-state index < -0.39 is 0 Å². The van der Waals surface area contributed by atoms with E-state index in [0.29, 0.717) is 18.0 Å². The van der Waals surface area contributed by atoms with E-state index in [1.165, 1.54) is 12.1 Å². The van der Waals surface area contributed by atoms with Gasteiger partial charge in [0.05, 0.1) is 12.4 Å². The summed E-state index contributed by atoms with van der Waals surface area (Å²) >= 11 is 5.51. The Bertz CT molecular complexity index is 926. The summed E-state index contributed by atoms with van der Waals surface area (Å²) in [7, 11) is 1.93. The van der Waals surface area contributed by atoms with Gasteiger partial charge in [-0.3, -0.25) is 4.90 Å². The molecule has 0 spiro atoms. The van der Waals surface area contributed by atoms with Crippen LogP contribution in [-0.4, -0.2) is 31.7 Å². The third kappa shape index (κ3) is 4.18. The Balaban J connectivity index is 1.78. The molecule has 0 bridgehead atoms. The molecule has 0 fully saturated rings. The highest BCUT2D eigenvalue weighted by molar-refractivity contribution is 7.71. The molecule has 3 aromatic rings. The lowest BCUT2D eigenvalue weighted by atomic mass is 10.1. The van der Waals surface area contributed by atoms with Gasteiger partial charge in [0.15, 0.2) is 0 Å². The Labute approximate surface area is 151 Å². The number of benzene rings is 2. The van der Waals surface area contributed by atoms with Gasteiger partial charge in [0.25, 0.3) is 0 Å². The van der Waals surface area contributed by atoms with E-state index in [0.717, 1.165) is 22.4 Å². The van der Waals surface area contributed by atoms with E-state index in [2.05, 4.69) is 16.5 Å². The Morgan fingerprint density at radius 2 is 1.80 bits per heavy atom. The Morgan fingerprint density at radius 3 is 2.48 bits per heavy atom. The topological polar surface area (TPSA) is 38.9 Å². The minimum atomic E-state index is -0.233. The molecular weight excluding hydrogens is 337 g/mol. The van der Waals surface area contributed by atoms with Crippen LogP contribution in [0.5, 0.6) is 0 Å². The van der Waals surface area contributed by atoms with Gasteiger partial charge in [-0.2, -0.15) is 4.68 Å². The van der Waals surface area contributed by atoms with Gasteiger partial charge in [-0.15, -0.1) is 0 Å². The Hall–Kier alpha value is -2.38. The van der Waals surface area contributed by atoms with Crippen LogP contribution in [0.3, 0.4) is 0 Å². The second-order valence-corrected chi connectivity index (χ2v) is 6.67. The summed E-state index contributed by atoms with van der Waals surface area (Å²) < 4.78 is 17.1. The average molecular weight is 357 g/mol. The van der Waals surface area contributed by atoms with Crippen molar-refractivity contribution in [3.8, 4) is 5.69 Å². The number of tetrazole rings is 1. The van der Waals surface area contributed by atoms with Crippen molar-refractivity contribution in [2.24, 2.45) is 0 Å². The van der Waals surface area contributed by atoms with Crippen molar-refractivity contribution >= 4 is 12.2 Å². The van der Waals surface area contributed by atoms with Crippen LogP contribution in [0.2, 0.25) is 0 Å². The zero-order valence-electron chi connectivity index (χ0n) is 14.5. The SMILES string of the molecule is Cc1cc(C)cc(-n2nnn(CN(C)Cc3cccc(F)c3)c2=S)c1. The van der Waals surface area contributed by atoms with Crippen molar-refractivity contribution in [3.05, 3.63) is 69.7 Å². The maximum absolute atomic E-state index is 13.3. The van der Waals surface area contributed by atoms with Gasteiger partial charge in [0, 0.05) is 6.54 Å². The molecule has 0 saturated carbocycles. The highest BCUT2D eigenvalue weighted by Gasteiger charge is 2.09. The minimum Gasteiger partial charge on any atom is -0.283 e. The quantitative estimate of drug-likeness (QED) is 0.654. The molecule has 5 nitrogen and oxygen atoms in total. The minimum absolute atomic E-state index is 0.233. The summed E-state index contributed by atoms with van der Waals surface area (Å²) in [6.45, 7) is 5.14. The van der Waals surface area contributed by atoms with E-state index in [1.54, 1.807) is 15.4 Å². The standard InChI is InChI=1S/C18H20FN5S/c1-13-7-14(2)9-17(8-13)24-18(25)23(20-21-24)12-22(3)11-15-5-4-6-16(19)10-15/h4-10H,11-12H2,1-3H3. The molecule has 25 heavy (non-hydrogen) atoms. The van der Waals surface area contributed by atoms with Crippen molar-refractivity contribution in [3.63, 3.8) is 0 Å². The molecular formula is C18H20FN5S. The maximum Gasteiger partial charge on any atom is 0.221 e. The van der Waals surface area contributed by atoms with Crippen LogP contribution in [0.25, 0.3) is 5.69 Å². The molecule has 0 amide bonds. The second-order valence-electron chi connectivity index (χ2n) is 6.30. The fourth-order valence-corrected chi connectivity index (χ4v) is 3.06. The molecule has 0 unspecified atom stereocenters. The molecule has 0 aliphatic carbocycles. The third-order valence-corrected chi connectivity index (χ3v) is 4.19. The van der Waals surface area contributed by atoms with E-state index in [4.69, 9.17) is 12.2 Å². The molecule has 0 N–H and O–H groups in total. The normalized spacial score (nSPS) is 11.2. The summed E-state index contributed by atoms with van der Waals surface area (Å²) in [4.78, 5) is 2.01. The monoisotopic (exact) mass is 357 g/mol. The summed E-state index contributed by atoms with van der Waals surface area (Å²) in [6, 6.07) is 12.7. The van der Waals surface area contributed by atoms with Crippen molar-refractivity contribution in [1.82, 2.24) is 24.7 Å². The molecule has 7 heteroatoms. The lowest BCUT2D eigenvalue weighted by Gasteiger charge is -2.16. The number of hydrogen-bond donors (Lipinski definition) is 0. The molecule has 0 atom stereocenters. The fraction of sp³-hybridized carbons (Fsp3) is 0.278. The molecule has 1 aromatic heterocycles. The number of aryl methyl sites for hydroxylation is 2. The lowest BCUT2D eigenvalue weighted by Crippen LogP contribution is -2.22. The van der Waals surface area contributed by atoms with Crippen molar-refractivity contribution in [2.75, 3.05) is 7.05 Å². The van der Waals surface area contributed by atoms with E-state index in [1.807, 2.05) is 44.0 Å². The van der Waals surface area contributed by atoms with Gasteiger partial charge in [-0.05, 0) is 84.5 Å². The summed E-state index contributed by atoms with van der Waals surface area (Å²) in [6.07, 6.45) is 0. The van der Waals surface area contributed by atoms with Crippen molar-refractivity contribution < 1.29 is 4.39 Å². The molecule has 2 aromatic carbocycles. The Morgan fingerprint density at radius 1 is 1.08 bits per heavy atom. The van der Waals surface area contributed by atoms with Gasteiger partial charge in [0.1, 0.15) is 5.82 Å². The predicted molar refractivity (Wildman–Crippen MR) is 97.5 cm³/mol. The summed E-state index contributed by atoms with van der Waals surface area (Å²) in [5.41, 5.74) is 4.10.